The van der Waals surface area contributed by atoms with Gasteiger partial charge in [0.05, 0.1) is 25.0 Å². The molecule has 0 spiro atoms. The Balaban J connectivity index is 1.91. The Morgan fingerprint density at radius 2 is 1.86 bits per heavy atom. The van der Waals surface area contributed by atoms with Crippen LogP contribution < -0.4 is 10.6 Å². The van der Waals surface area contributed by atoms with Crippen LogP contribution in [0, 0.1) is 25.2 Å². The van der Waals surface area contributed by atoms with Gasteiger partial charge in [0.25, 0.3) is 17.7 Å². The topological polar surface area (TPSA) is 119 Å². The molecule has 1 fully saturated rings. The highest BCUT2D eigenvalue weighted by atomic mass is 19.3. The van der Waals surface area contributed by atoms with Gasteiger partial charge < -0.3 is 25.7 Å². The number of rotatable bonds is 8. The number of terminal acetylenes is 1. The van der Waals surface area contributed by atoms with Gasteiger partial charge in [-0.25, -0.2) is 8.78 Å². The summed E-state index contributed by atoms with van der Waals surface area (Å²) in [6.45, 7) is 1.39. The molecule has 196 valence electrons. The summed E-state index contributed by atoms with van der Waals surface area (Å²) >= 11 is 0. The van der Waals surface area contributed by atoms with E-state index in [1.165, 1.54) is 25.1 Å². The van der Waals surface area contributed by atoms with E-state index in [4.69, 9.17) is 6.42 Å². The number of carbonyl (C=O) groups is 3. The fraction of sp³-hybridized carbons (Fsp3) is 0.370. The Labute approximate surface area is 213 Å². The quantitative estimate of drug-likeness (QED) is 0.400. The van der Waals surface area contributed by atoms with Crippen LogP contribution in [-0.2, 0) is 16.0 Å². The predicted molar refractivity (Wildman–Crippen MR) is 132 cm³/mol. The number of nitrogens with zero attached hydrogens (tertiary/aromatic N) is 1. The number of benzene rings is 2. The summed E-state index contributed by atoms with van der Waals surface area (Å²) in [5, 5.41) is 26.0. The number of hydrogen-bond acceptors (Lipinski definition) is 5. The van der Waals surface area contributed by atoms with E-state index in [0.717, 1.165) is 6.92 Å². The molecule has 2 aromatic rings. The molecule has 1 aliphatic heterocycles. The summed E-state index contributed by atoms with van der Waals surface area (Å²) in [7, 11) is 0. The third-order valence-electron chi connectivity index (χ3n) is 6.57. The molecule has 0 aromatic heterocycles. The van der Waals surface area contributed by atoms with Crippen LogP contribution in [0.1, 0.15) is 28.4 Å². The maximum Gasteiger partial charge on any atom is 0.270 e. The Morgan fingerprint density at radius 3 is 2.51 bits per heavy atom. The van der Waals surface area contributed by atoms with Gasteiger partial charge in [0.2, 0.25) is 5.91 Å². The molecule has 3 amide bonds. The minimum absolute atomic E-state index is 0.00884. The molecule has 4 N–H and O–H groups in total. The van der Waals surface area contributed by atoms with Gasteiger partial charge in [-0.05, 0) is 31.0 Å². The first-order chi connectivity index (χ1) is 17.5. The van der Waals surface area contributed by atoms with Gasteiger partial charge in [0.15, 0.2) is 6.10 Å². The Hall–Kier alpha value is -3.97. The summed E-state index contributed by atoms with van der Waals surface area (Å²) < 4.78 is 29.2. The lowest BCUT2D eigenvalue weighted by Crippen LogP contribution is -2.56. The maximum atomic E-state index is 14.6. The number of phenols is 1. The third kappa shape index (κ3) is 6.06. The van der Waals surface area contributed by atoms with E-state index < -0.39 is 54.3 Å². The molecule has 1 aliphatic rings. The summed E-state index contributed by atoms with van der Waals surface area (Å²) in [6.07, 6.45) is 3.18. The lowest BCUT2D eigenvalue weighted by Gasteiger charge is -2.30. The number of carbonyl (C=O) groups excluding carboxylic acids is 3. The largest absolute Gasteiger partial charge is 0.508 e. The SMILES string of the molecule is C#CCNC(=O)[C@@H]1C(C)C(F)(F)CN1C(=O)[C@@H](O)[C@H](Cc1ccccc1)NC(=O)c1cccc(O)c1C. The molecule has 10 heteroatoms. The van der Waals surface area contributed by atoms with E-state index in [1.54, 1.807) is 30.3 Å². The van der Waals surface area contributed by atoms with Crippen molar-refractivity contribution in [3.63, 3.8) is 0 Å². The van der Waals surface area contributed by atoms with Gasteiger partial charge in [-0.2, -0.15) is 0 Å². The minimum Gasteiger partial charge on any atom is -0.508 e. The summed E-state index contributed by atoms with van der Waals surface area (Å²) in [6, 6.07) is 10.2. The van der Waals surface area contributed by atoms with Crippen LogP contribution in [0.5, 0.6) is 5.75 Å². The number of aliphatic hydroxyl groups is 1. The molecule has 2 aromatic carbocycles. The van der Waals surface area contributed by atoms with Crippen LogP contribution in [0.2, 0.25) is 0 Å². The molecule has 0 saturated carbocycles. The first-order valence-electron chi connectivity index (χ1n) is 11.7. The van der Waals surface area contributed by atoms with E-state index in [0.29, 0.717) is 10.5 Å². The third-order valence-corrected chi connectivity index (χ3v) is 6.57. The van der Waals surface area contributed by atoms with E-state index >= 15 is 0 Å². The first-order valence-corrected chi connectivity index (χ1v) is 11.7. The van der Waals surface area contributed by atoms with Crippen LogP contribution in [-0.4, -0.2) is 70.0 Å². The molecular weight excluding hydrogens is 484 g/mol. The second kappa shape index (κ2) is 11.4. The van der Waals surface area contributed by atoms with Gasteiger partial charge in [0, 0.05) is 11.1 Å². The lowest BCUT2D eigenvalue weighted by atomic mass is 9.97. The van der Waals surface area contributed by atoms with Crippen molar-refractivity contribution >= 4 is 17.7 Å². The molecule has 0 bridgehead atoms. The highest BCUT2D eigenvalue weighted by Gasteiger charge is 2.57. The van der Waals surface area contributed by atoms with Crippen LogP contribution in [0.3, 0.4) is 0 Å². The van der Waals surface area contributed by atoms with Crippen LogP contribution in [0.15, 0.2) is 48.5 Å². The number of halogens is 2. The van der Waals surface area contributed by atoms with Gasteiger partial charge in [-0.15, -0.1) is 6.42 Å². The van der Waals surface area contributed by atoms with E-state index in [1.807, 2.05) is 0 Å². The van der Waals surface area contributed by atoms with Crippen LogP contribution >= 0.6 is 0 Å². The van der Waals surface area contributed by atoms with E-state index in [2.05, 4.69) is 16.6 Å². The van der Waals surface area contributed by atoms with Crippen molar-refractivity contribution in [2.75, 3.05) is 13.1 Å². The average molecular weight is 514 g/mol. The van der Waals surface area contributed by atoms with Crippen molar-refractivity contribution in [1.82, 2.24) is 15.5 Å². The molecule has 4 atom stereocenters. The molecule has 0 aliphatic carbocycles. The number of amides is 3. The fourth-order valence-electron chi connectivity index (χ4n) is 4.36. The van der Waals surface area contributed by atoms with Crippen LogP contribution in [0.25, 0.3) is 0 Å². The van der Waals surface area contributed by atoms with Crippen molar-refractivity contribution in [2.45, 2.75) is 44.4 Å². The van der Waals surface area contributed by atoms with Gasteiger partial charge in [-0.3, -0.25) is 14.4 Å². The van der Waals surface area contributed by atoms with Crippen molar-refractivity contribution < 1.29 is 33.4 Å². The number of phenolic OH excluding ortho intramolecular Hbond substituents is 1. The zero-order valence-corrected chi connectivity index (χ0v) is 20.4. The number of aromatic hydroxyl groups is 1. The standard InChI is InChI=1S/C27H29F2N3O5/c1-4-13-30-25(36)22-17(3)27(28,29)15-32(22)26(37)23(34)20(14-18-9-6-5-7-10-18)31-24(35)19-11-8-12-21(33)16(19)2/h1,5-12,17,20,22-23,33-34H,13-15H2,2-3H3,(H,30,36)(H,31,35)/t17?,20-,22-,23-/m0/s1. The Kier molecular flexibility index (Phi) is 8.50. The highest BCUT2D eigenvalue weighted by Crippen LogP contribution is 2.38. The molecular formula is C27H29F2N3O5. The first kappa shape index (κ1) is 27.6. The molecule has 1 heterocycles. The fourth-order valence-corrected chi connectivity index (χ4v) is 4.36. The van der Waals surface area contributed by atoms with Crippen LogP contribution in [0.4, 0.5) is 8.78 Å². The molecule has 1 saturated heterocycles. The average Bonchev–Trinajstić information content (AvgIpc) is 3.12. The molecule has 1 unspecified atom stereocenters. The van der Waals surface area contributed by atoms with Gasteiger partial charge in [-0.1, -0.05) is 49.2 Å². The second-order valence-electron chi connectivity index (χ2n) is 9.05. The zero-order chi connectivity index (χ0) is 27.3. The van der Waals surface area contributed by atoms with Crippen molar-refractivity contribution in [1.29, 1.82) is 0 Å². The van der Waals surface area contributed by atoms with Gasteiger partial charge in [0.1, 0.15) is 11.8 Å². The van der Waals surface area contributed by atoms with Crippen molar-refractivity contribution in [3.05, 3.63) is 65.2 Å². The monoisotopic (exact) mass is 513 g/mol. The predicted octanol–water partition coefficient (Wildman–Crippen LogP) is 1.63. The summed E-state index contributed by atoms with van der Waals surface area (Å²) in [5.74, 6) is -5.51. The van der Waals surface area contributed by atoms with E-state index in [9.17, 15) is 33.4 Å². The number of aliphatic hydroxyl groups excluding tert-OH is 1. The Bertz CT molecular complexity index is 1200. The second-order valence-corrected chi connectivity index (χ2v) is 9.05. The zero-order valence-electron chi connectivity index (χ0n) is 20.4. The minimum atomic E-state index is -3.38. The number of hydrogen-bond donors (Lipinski definition) is 4. The lowest BCUT2D eigenvalue weighted by molar-refractivity contribution is -0.147. The summed E-state index contributed by atoms with van der Waals surface area (Å²) in [5.41, 5.74) is 1.07. The Morgan fingerprint density at radius 1 is 1.19 bits per heavy atom. The number of alkyl halides is 2. The highest BCUT2D eigenvalue weighted by molar-refractivity contribution is 5.97. The van der Waals surface area contributed by atoms with Crippen molar-refractivity contribution in [2.24, 2.45) is 5.92 Å². The summed E-state index contributed by atoms with van der Waals surface area (Å²) in [4.78, 5) is 39.7. The number of nitrogens with one attached hydrogen (secondary N) is 2. The van der Waals surface area contributed by atoms with E-state index in [-0.39, 0.29) is 29.8 Å². The molecule has 8 nitrogen and oxygen atoms in total. The van der Waals surface area contributed by atoms with Crippen molar-refractivity contribution in [3.8, 4) is 18.1 Å². The normalized spacial score (nSPS) is 19.9. The van der Waals surface area contributed by atoms with Gasteiger partial charge >= 0.3 is 0 Å². The molecule has 3 rings (SSSR count). The number of likely N-dealkylation sites (tertiary alicyclic amines) is 1. The molecule has 0 radical (unpaired) electrons. The smallest absolute Gasteiger partial charge is 0.270 e. The molecule has 37 heavy (non-hydrogen) atoms. The maximum absolute atomic E-state index is 14.6.